The van der Waals surface area contributed by atoms with Crippen molar-refractivity contribution in [1.82, 2.24) is 5.32 Å². The van der Waals surface area contributed by atoms with E-state index >= 15 is 0 Å². The quantitative estimate of drug-likeness (QED) is 0.835. The van der Waals surface area contributed by atoms with Crippen LogP contribution in [0.3, 0.4) is 0 Å². The molecule has 3 heteroatoms. The van der Waals surface area contributed by atoms with E-state index in [1.54, 1.807) is 0 Å². The fraction of sp³-hybridized carbons (Fsp3) is 1.00. The summed E-state index contributed by atoms with van der Waals surface area (Å²) in [5.74, 6) is 0. The SMILES string of the molecule is CCC1CC(NC2CCC(SC)CC2)CCO1. The Morgan fingerprint density at radius 2 is 1.88 bits per heavy atom. The summed E-state index contributed by atoms with van der Waals surface area (Å²) in [6, 6.07) is 1.49. The maximum atomic E-state index is 5.74. The molecule has 2 unspecified atom stereocenters. The van der Waals surface area contributed by atoms with Crippen LogP contribution in [0.4, 0.5) is 0 Å². The Kier molecular flexibility index (Phi) is 5.64. The second kappa shape index (κ2) is 7.01. The first-order chi connectivity index (χ1) is 8.31. The first kappa shape index (κ1) is 13.7. The molecular weight excluding hydrogens is 230 g/mol. The molecule has 0 aromatic heterocycles. The molecule has 1 saturated heterocycles. The van der Waals surface area contributed by atoms with Crippen LogP contribution in [0.1, 0.15) is 51.9 Å². The van der Waals surface area contributed by atoms with Gasteiger partial charge in [-0.05, 0) is 51.2 Å². The van der Waals surface area contributed by atoms with E-state index in [1.165, 1.54) is 38.5 Å². The molecule has 0 bridgehead atoms. The summed E-state index contributed by atoms with van der Waals surface area (Å²) in [7, 11) is 0. The third-order valence-corrected chi connectivity index (χ3v) is 5.44. The molecule has 1 aliphatic heterocycles. The minimum absolute atomic E-state index is 0.504. The molecule has 0 aromatic rings. The number of nitrogens with one attached hydrogen (secondary N) is 1. The van der Waals surface area contributed by atoms with Crippen LogP contribution < -0.4 is 5.32 Å². The van der Waals surface area contributed by atoms with Crippen LogP contribution in [0.2, 0.25) is 0 Å². The average molecular weight is 257 g/mol. The van der Waals surface area contributed by atoms with Crippen molar-refractivity contribution < 1.29 is 4.74 Å². The van der Waals surface area contributed by atoms with Crippen molar-refractivity contribution >= 4 is 11.8 Å². The predicted octanol–water partition coefficient (Wildman–Crippen LogP) is 3.21. The first-order valence-corrected chi connectivity index (χ1v) is 8.51. The third-order valence-electron chi connectivity index (χ3n) is 4.30. The molecule has 100 valence electrons. The predicted molar refractivity (Wildman–Crippen MR) is 75.7 cm³/mol. The number of ether oxygens (including phenoxy) is 1. The average Bonchev–Trinajstić information content (AvgIpc) is 2.40. The van der Waals surface area contributed by atoms with Crippen molar-refractivity contribution in [2.24, 2.45) is 0 Å². The molecule has 2 nitrogen and oxygen atoms in total. The van der Waals surface area contributed by atoms with Crippen LogP contribution in [-0.4, -0.2) is 36.3 Å². The van der Waals surface area contributed by atoms with Crippen molar-refractivity contribution in [3.05, 3.63) is 0 Å². The van der Waals surface area contributed by atoms with E-state index < -0.39 is 0 Å². The lowest BCUT2D eigenvalue weighted by Gasteiger charge is -2.35. The van der Waals surface area contributed by atoms with E-state index in [9.17, 15) is 0 Å². The summed E-state index contributed by atoms with van der Waals surface area (Å²) in [4.78, 5) is 0. The van der Waals surface area contributed by atoms with E-state index in [2.05, 4.69) is 30.3 Å². The molecule has 2 rings (SSSR count). The zero-order valence-electron chi connectivity index (χ0n) is 11.3. The molecular formula is C14H27NOS. The molecule has 2 aliphatic rings. The van der Waals surface area contributed by atoms with E-state index in [0.717, 1.165) is 24.3 Å². The minimum atomic E-state index is 0.504. The standard InChI is InChI=1S/C14H27NOS/c1-3-13-10-12(8-9-16-13)15-11-4-6-14(17-2)7-5-11/h11-15H,3-10H2,1-2H3. The highest BCUT2D eigenvalue weighted by atomic mass is 32.2. The van der Waals surface area contributed by atoms with Crippen molar-refractivity contribution in [3.63, 3.8) is 0 Å². The van der Waals surface area contributed by atoms with E-state index in [0.29, 0.717) is 12.1 Å². The molecule has 1 saturated carbocycles. The second-order valence-corrected chi connectivity index (χ2v) is 6.64. The molecule has 0 spiro atoms. The van der Waals surface area contributed by atoms with Crippen LogP contribution >= 0.6 is 11.8 Å². The van der Waals surface area contributed by atoms with Crippen molar-refractivity contribution in [2.75, 3.05) is 12.9 Å². The van der Waals surface area contributed by atoms with Gasteiger partial charge in [-0.25, -0.2) is 0 Å². The van der Waals surface area contributed by atoms with Gasteiger partial charge in [0.25, 0.3) is 0 Å². The lowest BCUT2D eigenvalue weighted by molar-refractivity contribution is -0.00267. The van der Waals surface area contributed by atoms with Gasteiger partial charge in [0.15, 0.2) is 0 Å². The van der Waals surface area contributed by atoms with E-state index in [1.807, 2.05) is 0 Å². The van der Waals surface area contributed by atoms with Crippen molar-refractivity contribution in [1.29, 1.82) is 0 Å². The van der Waals surface area contributed by atoms with Gasteiger partial charge >= 0.3 is 0 Å². The summed E-state index contributed by atoms with van der Waals surface area (Å²) in [5.41, 5.74) is 0. The fourth-order valence-corrected chi connectivity index (χ4v) is 3.86. The van der Waals surface area contributed by atoms with Crippen LogP contribution in [0.5, 0.6) is 0 Å². The van der Waals surface area contributed by atoms with Gasteiger partial charge in [-0.2, -0.15) is 11.8 Å². The summed E-state index contributed by atoms with van der Waals surface area (Å²) in [6.07, 6.45) is 11.9. The Hall–Kier alpha value is 0.270. The normalized spacial score (nSPS) is 39.2. The first-order valence-electron chi connectivity index (χ1n) is 7.22. The molecule has 1 N–H and O–H groups in total. The Morgan fingerprint density at radius 3 is 2.53 bits per heavy atom. The summed E-state index contributed by atoms with van der Waals surface area (Å²) in [6.45, 7) is 3.19. The fourth-order valence-electron chi connectivity index (χ4n) is 3.11. The monoisotopic (exact) mass is 257 g/mol. The Bertz CT molecular complexity index is 216. The maximum Gasteiger partial charge on any atom is 0.0587 e. The van der Waals surface area contributed by atoms with Crippen molar-refractivity contribution in [2.45, 2.75) is 75.3 Å². The number of rotatable bonds is 4. The van der Waals surface area contributed by atoms with Crippen LogP contribution in [0.15, 0.2) is 0 Å². The molecule has 0 radical (unpaired) electrons. The number of hydrogen-bond donors (Lipinski definition) is 1. The van der Waals surface area contributed by atoms with E-state index in [-0.39, 0.29) is 0 Å². The minimum Gasteiger partial charge on any atom is -0.378 e. The summed E-state index contributed by atoms with van der Waals surface area (Å²) < 4.78 is 5.74. The highest BCUT2D eigenvalue weighted by molar-refractivity contribution is 7.99. The maximum absolute atomic E-state index is 5.74. The Balaban J connectivity index is 1.70. The highest BCUT2D eigenvalue weighted by Crippen LogP contribution is 2.28. The van der Waals surface area contributed by atoms with Gasteiger partial charge in [-0.15, -0.1) is 0 Å². The largest absolute Gasteiger partial charge is 0.378 e. The molecule has 0 amide bonds. The highest BCUT2D eigenvalue weighted by Gasteiger charge is 2.26. The topological polar surface area (TPSA) is 21.3 Å². The van der Waals surface area contributed by atoms with Crippen LogP contribution in [-0.2, 0) is 4.74 Å². The molecule has 1 heterocycles. The number of thioether (sulfide) groups is 1. The summed E-state index contributed by atoms with van der Waals surface area (Å²) >= 11 is 2.05. The summed E-state index contributed by atoms with van der Waals surface area (Å²) in [5, 5.41) is 4.80. The Labute approximate surface area is 110 Å². The van der Waals surface area contributed by atoms with Gasteiger partial charge in [0.05, 0.1) is 6.10 Å². The van der Waals surface area contributed by atoms with Crippen LogP contribution in [0.25, 0.3) is 0 Å². The second-order valence-electron chi connectivity index (χ2n) is 5.50. The zero-order valence-corrected chi connectivity index (χ0v) is 12.1. The van der Waals surface area contributed by atoms with Gasteiger partial charge in [0.2, 0.25) is 0 Å². The lowest BCUT2D eigenvalue weighted by Crippen LogP contribution is -2.45. The van der Waals surface area contributed by atoms with Gasteiger partial charge in [-0.1, -0.05) is 6.92 Å². The van der Waals surface area contributed by atoms with Gasteiger partial charge in [0, 0.05) is 23.9 Å². The van der Waals surface area contributed by atoms with Gasteiger partial charge in [0.1, 0.15) is 0 Å². The van der Waals surface area contributed by atoms with Crippen LogP contribution in [0, 0.1) is 0 Å². The molecule has 1 aliphatic carbocycles. The molecule has 2 atom stereocenters. The zero-order chi connectivity index (χ0) is 12.1. The molecule has 2 fully saturated rings. The lowest BCUT2D eigenvalue weighted by atomic mass is 9.92. The van der Waals surface area contributed by atoms with Gasteiger partial charge in [-0.3, -0.25) is 0 Å². The Morgan fingerprint density at radius 1 is 1.12 bits per heavy atom. The third kappa shape index (κ3) is 4.15. The molecule has 0 aromatic carbocycles. The van der Waals surface area contributed by atoms with E-state index in [4.69, 9.17) is 4.74 Å². The smallest absolute Gasteiger partial charge is 0.0587 e. The number of hydrogen-bond acceptors (Lipinski definition) is 3. The van der Waals surface area contributed by atoms with Crippen molar-refractivity contribution in [3.8, 4) is 0 Å². The van der Waals surface area contributed by atoms with Gasteiger partial charge < -0.3 is 10.1 Å². The molecule has 17 heavy (non-hydrogen) atoms.